The maximum Gasteiger partial charge on any atom is 0.144 e. The van der Waals surface area contributed by atoms with Crippen LogP contribution in [0, 0.1) is 11.8 Å². The van der Waals surface area contributed by atoms with Crippen molar-refractivity contribution in [2.45, 2.75) is 20.3 Å². The second-order valence-electron chi connectivity index (χ2n) is 3.00. The smallest absolute Gasteiger partial charge is 0.144 e. The van der Waals surface area contributed by atoms with Crippen LogP contribution in [0.4, 0.5) is 0 Å². The van der Waals surface area contributed by atoms with Gasteiger partial charge in [-0.3, -0.25) is 4.79 Å². The lowest BCUT2D eigenvalue weighted by Gasteiger charge is -2.18. The van der Waals surface area contributed by atoms with Crippen molar-refractivity contribution in [3.8, 4) is 0 Å². The van der Waals surface area contributed by atoms with Gasteiger partial charge in [-0.1, -0.05) is 13.8 Å². The summed E-state index contributed by atoms with van der Waals surface area (Å²) in [5, 5.41) is 20.4. The molecule has 13 heavy (non-hydrogen) atoms. The quantitative estimate of drug-likeness (QED) is 0.450. The van der Waals surface area contributed by atoms with Crippen LogP contribution in [-0.2, 0) is 14.4 Å². The number of hydrogen-bond donors (Lipinski definition) is 0. The van der Waals surface area contributed by atoms with E-state index in [-0.39, 0.29) is 0 Å². The molecule has 5 nitrogen and oxygen atoms in total. The summed E-state index contributed by atoms with van der Waals surface area (Å²) in [6.45, 7) is 2.99. The number of carboxylic acids is 2. The molecule has 1 atom stereocenters. The van der Waals surface area contributed by atoms with E-state index in [9.17, 15) is 24.6 Å². The zero-order chi connectivity index (χ0) is 10.6. The summed E-state index contributed by atoms with van der Waals surface area (Å²) in [7, 11) is 0. The molecule has 0 aliphatic carbocycles. The molecule has 0 saturated carbocycles. The minimum Gasteiger partial charge on any atom is -0.550 e. The third kappa shape index (κ3) is 3.68. The molecule has 0 aliphatic rings. The van der Waals surface area contributed by atoms with Gasteiger partial charge >= 0.3 is 0 Å². The monoisotopic (exact) mass is 186 g/mol. The van der Waals surface area contributed by atoms with Crippen LogP contribution in [0.25, 0.3) is 0 Å². The van der Waals surface area contributed by atoms with Gasteiger partial charge in [0.05, 0.1) is 11.9 Å². The van der Waals surface area contributed by atoms with Crippen LogP contribution in [0.3, 0.4) is 0 Å². The van der Waals surface area contributed by atoms with E-state index in [1.54, 1.807) is 0 Å². The van der Waals surface area contributed by atoms with Gasteiger partial charge in [0.1, 0.15) is 5.78 Å². The number of carbonyl (C=O) groups excluding carboxylic acids is 3. The van der Waals surface area contributed by atoms with Crippen molar-refractivity contribution in [1.82, 2.24) is 0 Å². The van der Waals surface area contributed by atoms with Crippen LogP contribution in [0.1, 0.15) is 20.3 Å². The van der Waals surface area contributed by atoms with Crippen molar-refractivity contribution in [2.24, 2.45) is 11.8 Å². The Labute approximate surface area is 75.4 Å². The molecular weight excluding hydrogens is 176 g/mol. The number of hydrogen-bond acceptors (Lipinski definition) is 5. The summed E-state index contributed by atoms with van der Waals surface area (Å²) in [6, 6.07) is 0. The van der Waals surface area contributed by atoms with Crippen molar-refractivity contribution >= 4 is 17.7 Å². The SMILES string of the molecule is CC(C)C(=O)C(CC(=O)[O-])C(=O)[O-]. The molecule has 0 aromatic heterocycles. The Morgan fingerprint density at radius 1 is 1.15 bits per heavy atom. The number of ketones is 1. The number of aliphatic carboxylic acids is 2. The molecule has 0 aliphatic heterocycles. The van der Waals surface area contributed by atoms with Gasteiger partial charge in [-0.25, -0.2) is 0 Å². The average molecular weight is 186 g/mol. The van der Waals surface area contributed by atoms with Crippen molar-refractivity contribution in [3.63, 3.8) is 0 Å². The van der Waals surface area contributed by atoms with E-state index in [0.29, 0.717) is 0 Å². The van der Waals surface area contributed by atoms with Crippen LogP contribution in [0.5, 0.6) is 0 Å². The highest BCUT2D eigenvalue weighted by molar-refractivity contribution is 6.00. The van der Waals surface area contributed by atoms with Crippen molar-refractivity contribution in [3.05, 3.63) is 0 Å². The molecule has 0 heterocycles. The summed E-state index contributed by atoms with van der Waals surface area (Å²) in [6.07, 6.45) is -0.820. The summed E-state index contributed by atoms with van der Waals surface area (Å²) in [4.78, 5) is 31.6. The van der Waals surface area contributed by atoms with Crippen LogP contribution in [0.2, 0.25) is 0 Å². The Bertz CT molecular complexity index is 231. The normalized spacial score (nSPS) is 12.5. The molecule has 0 bridgehead atoms. The lowest BCUT2D eigenvalue weighted by molar-refractivity contribution is -0.319. The zero-order valence-corrected chi connectivity index (χ0v) is 7.40. The Morgan fingerprint density at radius 2 is 1.62 bits per heavy atom. The number of Topliss-reactive ketones (excluding diaryl/α,β-unsaturated/α-hetero) is 1. The van der Waals surface area contributed by atoms with Gasteiger partial charge in [0.2, 0.25) is 0 Å². The zero-order valence-electron chi connectivity index (χ0n) is 7.40. The van der Waals surface area contributed by atoms with Gasteiger partial charge in [-0.15, -0.1) is 0 Å². The topological polar surface area (TPSA) is 97.3 Å². The fourth-order valence-electron chi connectivity index (χ4n) is 0.869. The molecule has 5 heteroatoms. The summed E-state index contributed by atoms with van der Waals surface area (Å²) >= 11 is 0. The van der Waals surface area contributed by atoms with E-state index in [0.717, 1.165) is 0 Å². The van der Waals surface area contributed by atoms with E-state index in [1.807, 2.05) is 0 Å². The molecule has 0 aromatic carbocycles. The molecule has 0 spiro atoms. The third-order valence-electron chi connectivity index (χ3n) is 1.57. The van der Waals surface area contributed by atoms with E-state index < -0.39 is 36.0 Å². The molecule has 0 rings (SSSR count). The Hall–Kier alpha value is -1.39. The summed E-state index contributed by atoms with van der Waals surface area (Å²) in [5.74, 6) is -6.00. The Kier molecular flexibility index (Phi) is 4.10. The molecule has 0 radical (unpaired) electrons. The van der Waals surface area contributed by atoms with E-state index in [4.69, 9.17) is 0 Å². The van der Waals surface area contributed by atoms with Crippen molar-refractivity contribution < 1.29 is 24.6 Å². The van der Waals surface area contributed by atoms with Gasteiger partial charge in [-0.05, 0) is 0 Å². The average Bonchev–Trinajstić information content (AvgIpc) is 1.97. The second-order valence-corrected chi connectivity index (χ2v) is 3.00. The standard InChI is InChI=1S/C8H12O5/c1-4(2)7(11)5(8(12)13)3-6(9)10/h4-5H,3H2,1-2H3,(H,9,10)(H,12,13)/p-2. The first-order valence-corrected chi connectivity index (χ1v) is 3.80. The Morgan fingerprint density at radius 3 is 1.85 bits per heavy atom. The highest BCUT2D eigenvalue weighted by atomic mass is 16.4. The Balaban J connectivity index is 4.52. The molecule has 1 unspecified atom stereocenters. The molecule has 74 valence electrons. The van der Waals surface area contributed by atoms with Gasteiger partial charge in [0.15, 0.2) is 0 Å². The predicted molar refractivity (Wildman–Crippen MR) is 38.0 cm³/mol. The molecule has 0 saturated heterocycles. The molecule has 0 N–H and O–H groups in total. The first-order valence-electron chi connectivity index (χ1n) is 3.80. The fourth-order valence-corrected chi connectivity index (χ4v) is 0.869. The number of carboxylic acid groups (broad SMARTS) is 2. The minimum absolute atomic E-state index is 0.526. The van der Waals surface area contributed by atoms with E-state index in [2.05, 4.69) is 0 Å². The van der Waals surface area contributed by atoms with Gasteiger partial charge in [-0.2, -0.15) is 0 Å². The highest BCUT2D eigenvalue weighted by Crippen LogP contribution is 2.09. The van der Waals surface area contributed by atoms with Crippen molar-refractivity contribution in [1.29, 1.82) is 0 Å². The first kappa shape index (κ1) is 11.6. The summed E-state index contributed by atoms with van der Waals surface area (Å²) < 4.78 is 0. The van der Waals surface area contributed by atoms with Crippen LogP contribution in [-0.4, -0.2) is 17.7 Å². The number of carbonyl (C=O) groups is 3. The largest absolute Gasteiger partial charge is 0.550 e. The first-order chi connectivity index (χ1) is 5.86. The van der Waals surface area contributed by atoms with Gasteiger partial charge in [0, 0.05) is 18.3 Å². The molecule has 0 amide bonds. The van der Waals surface area contributed by atoms with Crippen LogP contribution >= 0.6 is 0 Å². The number of rotatable bonds is 5. The van der Waals surface area contributed by atoms with Crippen LogP contribution < -0.4 is 10.2 Å². The van der Waals surface area contributed by atoms with E-state index >= 15 is 0 Å². The minimum atomic E-state index is -1.66. The lowest BCUT2D eigenvalue weighted by atomic mass is 9.93. The van der Waals surface area contributed by atoms with Gasteiger partial charge in [0.25, 0.3) is 0 Å². The highest BCUT2D eigenvalue weighted by Gasteiger charge is 2.22. The maximum absolute atomic E-state index is 11.1. The fraction of sp³-hybridized carbons (Fsp3) is 0.625. The predicted octanol–water partition coefficient (Wildman–Crippen LogP) is -2.28. The van der Waals surface area contributed by atoms with Crippen molar-refractivity contribution in [2.75, 3.05) is 0 Å². The lowest BCUT2D eigenvalue weighted by Crippen LogP contribution is -2.41. The second kappa shape index (κ2) is 4.59. The third-order valence-corrected chi connectivity index (χ3v) is 1.57. The van der Waals surface area contributed by atoms with Gasteiger partial charge < -0.3 is 19.8 Å². The molecule has 0 fully saturated rings. The summed E-state index contributed by atoms with van der Waals surface area (Å²) in [5.41, 5.74) is 0. The van der Waals surface area contributed by atoms with E-state index in [1.165, 1.54) is 13.8 Å². The molecule has 0 aromatic rings. The molecular formula is C8H10O5-2. The maximum atomic E-state index is 11.1. The van der Waals surface area contributed by atoms with Crippen LogP contribution in [0.15, 0.2) is 0 Å².